The zero-order valence-corrected chi connectivity index (χ0v) is 12.8. The molecule has 0 aromatic carbocycles. The Morgan fingerprint density at radius 3 is 2.90 bits per heavy atom. The van der Waals surface area contributed by atoms with Gasteiger partial charge in [0, 0.05) is 38.1 Å². The van der Waals surface area contributed by atoms with Crippen LogP contribution in [0.2, 0.25) is 0 Å². The molecule has 110 valence electrons. The second-order valence-electron chi connectivity index (χ2n) is 4.32. The van der Waals surface area contributed by atoms with Crippen LogP contribution in [0.15, 0.2) is 46.7 Å². The topological polar surface area (TPSA) is 101 Å². The Balaban J connectivity index is 2.20. The van der Waals surface area contributed by atoms with Crippen LogP contribution in [0.25, 0.3) is 0 Å². The van der Waals surface area contributed by atoms with Crippen molar-refractivity contribution in [2.24, 2.45) is 10.9 Å². The average molecular weight is 351 g/mol. The number of hydrogen-bond donors (Lipinski definition) is 2. The minimum Gasteiger partial charge on any atom is -0.409 e. The van der Waals surface area contributed by atoms with E-state index in [0.717, 1.165) is 15.9 Å². The Labute approximate surface area is 130 Å². The molecule has 2 heterocycles. The fraction of sp³-hybridized carbons (Fsp3) is 0.231. The molecule has 0 spiro atoms. The molecule has 21 heavy (non-hydrogen) atoms. The lowest BCUT2D eigenvalue weighted by Crippen LogP contribution is -2.29. The van der Waals surface area contributed by atoms with Gasteiger partial charge in [-0.15, -0.1) is 0 Å². The van der Waals surface area contributed by atoms with Gasteiger partial charge in [-0.3, -0.25) is 4.98 Å². The molecular formula is C13H15BrN6O. The first-order chi connectivity index (χ1) is 10.2. The monoisotopic (exact) mass is 350 g/mol. The van der Waals surface area contributed by atoms with Crippen molar-refractivity contribution < 1.29 is 5.21 Å². The van der Waals surface area contributed by atoms with Crippen LogP contribution < -0.4 is 10.6 Å². The highest BCUT2D eigenvalue weighted by Gasteiger charge is 2.13. The van der Waals surface area contributed by atoms with Crippen LogP contribution in [0.1, 0.15) is 12.0 Å². The van der Waals surface area contributed by atoms with Crippen molar-refractivity contribution in [1.29, 1.82) is 0 Å². The van der Waals surface area contributed by atoms with Gasteiger partial charge in [0.2, 0.25) is 0 Å². The summed E-state index contributed by atoms with van der Waals surface area (Å²) in [6.07, 6.45) is 7.12. The van der Waals surface area contributed by atoms with Crippen molar-refractivity contribution in [2.45, 2.75) is 13.0 Å². The summed E-state index contributed by atoms with van der Waals surface area (Å²) in [5.74, 6) is 0.927. The highest BCUT2D eigenvalue weighted by molar-refractivity contribution is 9.10. The van der Waals surface area contributed by atoms with E-state index in [1.54, 1.807) is 18.6 Å². The molecule has 0 aliphatic rings. The molecule has 0 bridgehead atoms. The predicted octanol–water partition coefficient (Wildman–Crippen LogP) is 1.78. The molecule has 7 nitrogen and oxygen atoms in total. The maximum absolute atomic E-state index is 8.66. The van der Waals surface area contributed by atoms with Gasteiger partial charge < -0.3 is 15.8 Å². The Morgan fingerprint density at radius 1 is 1.38 bits per heavy atom. The van der Waals surface area contributed by atoms with Crippen LogP contribution >= 0.6 is 15.9 Å². The lowest BCUT2D eigenvalue weighted by Gasteiger charge is -2.24. The fourth-order valence-electron chi connectivity index (χ4n) is 1.81. The molecule has 0 fully saturated rings. The van der Waals surface area contributed by atoms with Crippen molar-refractivity contribution >= 4 is 27.6 Å². The maximum Gasteiger partial charge on any atom is 0.146 e. The number of pyridine rings is 1. The third-order valence-corrected chi connectivity index (χ3v) is 3.37. The van der Waals surface area contributed by atoms with Crippen LogP contribution in [0, 0.1) is 0 Å². The first kappa shape index (κ1) is 15.2. The number of rotatable bonds is 6. The summed E-state index contributed by atoms with van der Waals surface area (Å²) < 4.78 is 0.786. The SMILES string of the molecule is NC(CCN(Cc1cccnc1)c1ncncc1Br)=NO. The van der Waals surface area contributed by atoms with Crippen molar-refractivity contribution in [2.75, 3.05) is 11.4 Å². The van der Waals surface area contributed by atoms with Gasteiger partial charge in [0.1, 0.15) is 18.0 Å². The van der Waals surface area contributed by atoms with E-state index in [4.69, 9.17) is 10.9 Å². The highest BCUT2D eigenvalue weighted by Crippen LogP contribution is 2.23. The quantitative estimate of drug-likeness (QED) is 0.356. The lowest BCUT2D eigenvalue weighted by molar-refractivity contribution is 0.317. The number of halogens is 1. The van der Waals surface area contributed by atoms with Gasteiger partial charge >= 0.3 is 0 Å². The molecule has 3 N–H and O–H groups in total. The molecular weight excluding hydrogens is 336 g/mol. The van der Waals surface area contributed by atoms with E-state index >= 15 is 0 Å². The van der Waals surface area contributed by atoms with Crippen LogP contribution in [0.3, 0.4) is 0 Å². The van der Waals surface area contributed by atoms with Crippen molar-refractivity contribution in [3.8, 4) is 0 Å². The third kappa shape index (κ3) is 4.38. The molecule has 0 atom stereocenters. The number of nitrogens with two attached hydrogens (primary N) is 1. The fourth-order valence-corrected chi connectivity index (χ4v) is 2.28. The number of oxime groups is 1. The van der Waals surface area contributed by atoms with Crippen molar-refractivity contribution in [3.05, 3.63) is 47.1 Å². The first-order valence-corrected chi connectivity index (χ1v) is 7.05. The second-order valence-corrected chi connectivity index (χ2v) is 5.17. The van der Waals surface area contributed by atoms with Gasteiger partial charge in [0.15, 0.2) is 0 Å². The summed E-state index contributed by atoms with van der Waals surface area (Å²) in [5.41, 5.74) is 6.59. The molecule has 0 saturated carbocycles. The molecule has 2 rings (SSSR count). The predicted molar refractivity (Wildman–Crippen MR) is 83.0 cm³/mol. The molecule has 0 amide bonds. The summed E-state index contributed by atoms with van der Waals surface area (Å²) in [6.45, 7) is 1.17. The summed E-state index contributed by atoms with van der Waals surface area (Å²) in [4.78, 5) is 14.4. The van der Waals surface area contributed by atoms with Gasteiger partial charge in [-0.2, -0.15) is 0 Å². The van der Waals surface area contributed by atoms with Gasteiger partial charge in [-0.1, -0.05) is 11.2 Å². The lowest BCUT2D eigenvalue weighted by atomic mass is 10.2. The van der Waals surface area contributed by atoms with Gasteiger partial charge in [0.05, 0.1) is 4.47 Å². The van der Waals surface area contributed by atoms with Gasteiger partial charge in [-0.05, 0) is 27.6 Å². The van der Waals surface area contributed by atoms with Crippen LogP contribution in [0.5, 0.6) is 0 Å². The molecule has 2 aromatic rings. The van der Waals surface area contributed by atoms with Gasteiger partial charge in [0.25, 0.3) is 0 Å². The minimum absolute atomic E-state index is 0.177. The Bertz CT molecular complexity index is 607. The van der Waals surface area contributed by atoms with E-state index in [0.29, 0.717) is 19.5 Å². The molecule has 0 aliphatic heterocycles. The number of hydrogen-bond acceptors (Lipinski definition) is 6. The van der Waals surface area contributed by atoms with Crippen molar-refractivity contribution in [1.82, 2.24) is 15.0 Å². The Kier molecular flexibility index (Phi) is 5.44. The van der Waals surface area contributed by atoms with E-state index in [2.05, 4.69) is 36.0 Å². The standard InChI is InChI=1S/C13H15BrN6O/c14-11-7-17-9-18-13(11)20(5-3-12(15)19-21)8-10-2-1-4-16-6-10/h1-2,4,6-7,9,21H,3,5,8H2,(H2,15,19). The normalized spacial score (nSPS) is 11.4. The maximum atomic E-state index is 8.66. The van der Waals surface area contributed by atoms with E-state index < -0.39 is 0 Å². The van der Waals surface area contributed by atoms with E-state index in [1.165, 1.54) is 6.33 Å². The smallest absolute Gasteiger partial charge is 0.146 e. The number of nitrogens with zero attached hydrogens (tertiary/aromatic N) is 5. The number of aromatic nitrogens is 3. The van der Waals surface area contributed by atoms with E-state index in [9.17, 15) is 0 Å². The minimum atomic E-state index is 0.177. The molecule has 8 heteroatoms. The largest absolute Gasteiger partial charge is 0.409 e. The Hall–Kier alpha value is -2.22. The first-order valence-electron chi connectivity index (χ1n) is 6.26. The summed E-state index contributed by atoms with van der Waals surface area (Å²) in [5, 5.41) is 11.7. The van der Waals surface area contributed by atoms with Crippen LogP contribution in [0.4, 0.5) is 5.82 Å². The zero-order chi connectivity index (χ0) is 15.1. The van der Waals surface area contributed by atoms with E-state index in [-0.39, 0.29) is 5.84 Å². The Morgan fingerprint density at radius 2 is 2.24 bits per heavy atom. The molecule has 0 saturated heterocycles. The van der Waals surface area contributed by atoms with Crippen LogP contribution in [-0.4, -0.2) is 32.5 Å². The average Bonchev–Trinajstić information content (AvgIpc) is 2.52. The zero-order valence-electron chi connectivity index (χ0n) is 11.2. The third-order valence-electron chi connectivity index (χ3n) is 2.81. The molecule has 0 unspecified atom stereocenters. The summed E-state index contributed by atoms with van der Waals surface area (Å²) in [6, 6.07) is 3.87. The summed E-state index contributed by atoms with van der Waals surface area (Å²) in [7, 11) is 0. The number of anilines is 1. The van der Waals surface area contributed by atoms with Crippen LogP contribution in [-0.2, 0) is 6.54 Å². The molecule has 0 radical (unpaired) electrons. The molecule has 0 aliphatic carbocycles. The van der Waals surface area contributed by atoms with Gasteiger partial charge in [-0.25, -0.2) is 9.97 Å². The van der Waals surface area contributed by atoms with E-state index in [1.807, 2.05) is 17.0 Å². The number of amidine groups is 1. The molecule has 2 aromatic heterocycles. The van der Waals surface area contributed by atoms with Crippen molar-refractivity contribution in [3.63, 3.8) is 0 Å². The highest BCUT2D eigenvalue weighted by atomic mass is 79.9. The second kappa shape index (κ2) is 7.53. The summed E-state index contributed by atoms with van der Waals surface area (Å²) >= 11 is 3.44.